The van der Waals surface area contributed by atoms with Gasteiger partial charge in [0.2, 0.25) is 0 Å². The number of hydrogen-bond donors (Lipinski definition) is 1. The van der Waals surface area contributed by atoms with Gasteiger partial charge in [-0.25, -0.2) is 0 Å². The Kier molecular flexibility index (Phi) is 8.30. The van der Waals surface area contributed by atoms with Crippen LogP contribution in [0.15, 0.2) is 12.2 Å². The summed E-state index contributed by atoms with van der Waals surface area (Å²) in [6.45, 7) is 4.10. The van der Waals surface area contributed by atoms with Crippen LogP contribution in [0, 0.1) is 5.92 Å². The Morgan fingerprint density at radius 1 is 1.29 bits per heavy atom. The first-order valence-electron chi connectivity index (χ1n) is 5.60. The maximum atomic E-state index is 10.7. The smallest absolute Gasteiger partial charge is 0.306 e. The first-order chi connectivity index (χ1) is 6.72. The molecule has 1 atom stereocenters. The van der Waals surface area contributed by atoms with Gasteiger partial charge < -0.3 is 5.11 Å². The normalized spacial score (nSPS) is 13.3. The molecule has 0 rings (SSSR count). The molecule has 2 nitrogen and oxygen atoms in total. The maximum Gasteiger partial charge on any atom is 0.306 e. The molecule has 2 heteroatoms. The van der Waals surface area contributed by atoms with Crippen LogP contribution in [0.1, 0.15) is 52.4 Å². The molecular formula is C12H22O2. The van der Waals surface area contributed by atoms with Gasteiger partial charge in [-0.15, -0.1) is 0 Å². The topological polar surface area (TPSA) is 37.3 Å². The van der Waals surface area contributed by atoms with E-state index in [9.17, 15) is 4.79 Å². The summed E-state index contributed by atoms with van der Waals surface area (Å²) in [5, 5.41) is 8.78. The predicted octanol–water partition coefficient (Wildman–Crippen LogP) is 3.62. The van der Waals surface area contributed by atoms with E-state index in [2.05, 4.69) is 13.0 Å². The Bertz CT molecular complexity index is 173. The zero-order valence-electron chi connectivity index (χ0n) is 9.33. The molecule has 82 valence electrons. The van der Waals surface area contributed by atoms with E-state index in [-0.39, 0.29) is 5.92 Å². The van der Waals surface area contributed by atoms with Crippen LogP contribution in [0.2, 0.25) is 0 Å². The third-order valence-corrected chi connectivity index (χ3v) is 2.40. The van der Waals surface area contributed by atoms with Crippen LogP contribution in [0.25, 0.3) is 0 Å². The van der Waals surface area contributed by atoms with Crippen molar-refractivity contribution in [1.82, 2.24) is 0 Å². The lowest BCUT2D eigenvalue weighted by Gasteiger charge is -2.04. The van der Waals surface area contributed by atoms with Gasteiger partial charge in [-0.2, -0.15) is 0 Å². The van der Waals surface area contributed by atoms with Crippen LogP contribution in [0.5, 0.6) is 0 Å². The first kappa shape index (κ1) is 13.2. The lowest BCUT2D eigenvalue weighted by molar-refractivity contribution is -0.141. The molecule has 0 fully saturated rings. The van der Waals surface area contributed by atoms with Gasteiger partial charge in [0, 0.05) is 0 Å². The average Bonchev–Trinajstić information content (AvgIpc) is 2.16. The molecular weight excluding hydrogens is 176 g/mol. The highest BCUT2D eigenvalue weighted by molar-refractivity contribution is 5.70. The molecule has 0 amide bonds. The van der Waals surface area contributed by atoms with E-state index in [1.54, 1.807) is 0 Å². The number of unbranched alkanes of at least 4 members (excludes halogenated alkanes) is 3. The van der Waals surface area contributed by atoms with Gasteiger partial charge in [-0.3, -0.25) is 4.79 Å². The highest BCUT2D eigenvalue weighted by Gasteiger charge is 2.11. The fraction of sp³-hybridized carbons (Fsp3) is 0.750. The summed E-state index contributed by atoms with van der Waals surface area (Å²) in [6.07, 6.45) is 10.3. The second kappa shape index (κ2) is 8.79. The standard InChI is InChI=1S/C12H22O2/c1-3-5-6-7-8-9-10-11(4-2)12(13)14/h8-9,11H,3-7,10H2,1-2H3,(H,13,14)/b9-8-. The Labute approximate surface area is 87.0 Å². The van der Waals surface area contributed by atoms with Gasteiger partial charge >= 0.3 is 5.97 Å². The summed E-state index contributed by atoms with van der Waals surface area (Å²) >= 11 is 0. The van der Waals surface area contributed by atoms with E-state index in [4.69, 9.17) is 5.11 Å². The Balaban J connectivity index is 3.53. The van der Waals surface area contributed by atoms with Crippen molar-refractivity contribution in [3.8, 4) is 0 Å². The van der Waals surface area contributed by atoms with Crippen molar-refractivity contribution in [3.63, 3.8) is 0 Å². The summed E-state index contributed by atoms with van der Waals surface area (Å²) in [6, 6.07) is 0. The third-order valence-electron chi connectivity index (χ3n) is 2.40. The van der Waals surface area contributed by atoms with Crippen molar-refractivity contribution >= 4 is 5.97 Å². The second-order valence-corrected chi connectivity index (χ2v) is 3.65. The van der Waals surface area contributed by atoms with Crippen molar-refractivity contribution in [1.29, 1.82) is 0 Å². The molecule has 0 heterocycles. The highest BCUT2D eigenvalue weighted by Crippen LogP contribution is 2.09. The minimum Gasteiger partial charge on any atom is -0.481 e. The van der Waals surface area contributed by atoms with Gasteiger partial charge in [0.1, 0.15) is 0 Å². The van der Waals surface area contributed by atoms with Crippen LogP contribution < -0.4 is 0 Å². The number of hydrogen-bond acceptors (Lipinski definition) is 1. The second-order valence-electron chi connectivity index (χ2n) is 3.65. The van der Waals surface area contributed by atoms with Crippen LogP contribution in [0.3, 0.4) is 0 Å². The number of aliphatic carboxylic acids is 1. The van der Waals surface area contributed by atoms with E-state index < -0.39 is 5.97 Å². The van der Waals surface area contributed by atoms with Gasteiger partial charge in [-0.05, 0) is 25.7 Å². The molecule has 1 N–H and O–H groups in total. The van der Waals surface area contributed by atoms with Crippen molar-refractivity contribution in [2.75, 3.05) is 0 Å². The molecule has 0 saturated heterocycles. The van der Waals surface area contributed by atoms with E-state index >= 15 is 0 Å². The summed E-state index contributed by atoms with van der Waals surface area (Å²) in [5.74, 6) is -0.872. The summed E-state index contributed by atoms with van der Waals surface area (Å²) in [7, 11) is 0. The minimum absolute atomic E-state index is 0.197. The molecule has 0 aliphatic carbocycles. The number of carboxylic acids is 1. The molecule has 0 saturated carbocycles. The maximum absolute atomic E-state index is 10.7. The number of allylic oxidation sites excluding steroid dienone is 2. The summed E-state index contributed by atoms with van der Waals surface area (Å²) < 4.78 is 0. The molecule has 0 spiro atoms. The van der Waals surface area contributed by atoms with Gasteiger partial charge in [0.25, 0.3) is 0 Å². The quantitative estimate of drug-likeness (QED) is 0.477. The lowest BCUT2D eigenvalue weighted by Crippen LogP contribution is -2.11. The first-order valence-corrected chi connectivity index (χ1v) is 5.60. The lowest BCUT2D eigenvalue weighted by atomic mass is 10.0. The van der Waals surface area contributed by atoms with E-state index in [0.29, 0.717) is 12.8 Å². The largest absolute Gasteiger partial charge is 0.481 e. The Morgan fingerprint density at radius 2 is 2.00 bits per heavy atom. The van der Waals surface area contributed by atoms with Crippen LogP contribution in [0.4, 0.5) is 0 Å². The number of carboxylic acid groups (broad SMARTS) is 1. The highest BCUT2D eigenvalue weighted by atomic mass is 16.4. The summed E-state index contributed by atoms with van der Waals surface area (Å²) in [4.78, 5) is 10.7. The van der Waals surface area contributed by atoms with Gasteiger partial charge in [-0.1, -0.05) is 38.8 Å². The van der Waals surface area contributed by atoms with Crippen LogP contribution >= 0.6 is 0 Å². The molecule has 0 aliphatic rings. The zero-order valence-corrected chi connectivity index (χ0v) is 9.33. The van der Waals surface area contributed by atoms with E-state index in [1.807, 2.05) is 13.0 Å². The Hall–Kier alpha value is -0.790. The average molecular weight is 198 g/mol. The number of carbonyl (C=O) groups is 1. The van der Waals surface area contributed by atoms with E-state index in [0.717, 1.165) is 6.42 Å². The van der Waals surface area contributed by atoms with E-state index in [1.165, 1.54) is 19.3 Å². The zero-order chi connectivity index (χ0) is 10.8. The molecule has 0 aromatic heterocycles. The fourth-order valence-corrected chi connectivity index (χ4v) is 1.33. The molecule has 0 radical (unpaired) electrons. The predicted molar refractivity (Wildman–Crippen MR) is 59.3 cm³/mol. The summed E-state index contributed by atoms with van der Waals surface area (Å²) in [5.41, 5.74) is 0. The SMILES string of the molecule is CCCCC/C=C\CC(CC)C(=O)O. The molecule has 0 aromatic carbocycles. The third kappa shape index (κ3) is 6.70. The molecule has 0 aliphatic heterocycles. The van der Waals surface area contributed by atoms with Gasteiger partial charge in [0.05, 0.1) is 5.92 Å². The molecule has 1 unspecified atom stereocenters. The van der Waals surface area contributed by atoms with Crippen molar-refractivity contribution < 1.29 is 9.90 Å². The monoisotopic (exact) mass is 198 g/mol. The molecule has 14 heavy (non-hydrogen) atoms. The Morgan fingerprint density at radius 3 is 2.50 bits per heavy atom. The van der Waals surface area contributed by atoms with Crippen molar-refractivity contribution in [3.05, 3.63) is 12.2 Å². The van der Waals surface area contributed by atoms with Crippen LogP contribution in [-0.2, 0) is 4.79 Å². The van der Waals surface area contributed by atoms with Crippen molar-refractivity contribution in [2.45, 2.75) is 52.4 Å². The molecule has 0 aromatic rings. The fourth-order valence-electron chi connectivity index (χ4n) is 1.33. The minimum atomic E-state index is -0.675. The molecule has 0 bridgehead atoms. The van der Waals surface area contributed by atoms with Crippen LogP contribution in [-0.4, -0.2) is 11.1 Å². The van der Waals surface area contributed by atoms with Gasteiger partial charge in [0.15, 0.2) is 0 Å². The van der Waals surface area contributed by atoms with Crippen molar-refractivity contribution in [2.24, 2.45) is 5.92 Å². The number of rotatable bonds is 8.